The molecule has 2 aromatic heterocycles. The van der Waals surface area contributed by atoms with Crippen molar-refractivity contribution in [2.45, 2.75) is 114 Å². The highest BCUT2D eigenvalue weighted by atomic mass is 16.4. The number of H-pyrrole nitrogens is 2. The van der Waals surface area contributed by atoms with Crippen molar-refractivity contribution in [3.8, 4) is 5.75 Å². The van der Waals surface area contributed by atoms with Crippen molar-refractivity contribution in [2.24, 2.45) is 5.73 Å². The third-order valence-electron chi connectivity index (χ3n) is 16.7. The van der Waals surface area contributed by atoms with Crippen molar-refractivity contribution in [2.75, 3.05) is 118 Å². The molecule has 574 valence electrons. The molecule has 4 atom stereocenters. The molecule has 0 saturated carbocycles. The molecule has 1 fully saturated rings. The van der Waals surface area contributed by atoms with E-state index in [9.17, 15) is 87.5 Å². The summed E-state index contributed by atoms with van der Waals surface area (Å²) in [5.74, 6) is -10.7. The second-order valence-electron chi connectivity index (χ2n) is 25.2. The normalized spacial score (nSPS) is 14.4. The van der Waals surface area contributed by atoms with Crippen LogP contribution in [0.4, 0.5) is 0 Å². The van der Waals surface area contributed by atoms with E-state index in [1.165, 1.54) is 36.9 Å². The van der Waals surface area contributed by atoms with E-state index >= 15 is 0 Å². The fourth-order valence-corrected chi connectivity index (χ4v) is 10.9. The topological polar surface area (TPSA) is 537 Å². The predicted molar refractivity (Wildman–Crippen MR) is 376 cm³/mol. The van der Waals surface area contributed by atoms with Crippen LogP contribution in [0.3, 0.4) is 0 Å². The number of aromatic hydroxyl groups is 1. The van der Waals surface area contributed by atoms with E-state index in [4.69, 9.17) is 5.73 Å². The lowest BCUT2D eigenvalue weighted by Crippen LogP contribution is -2.59. The van der Waals surface area contributed by atoms with Gasteiger partial charge in [-0.2, -0.15) is 0 Å². The molecule has 11 amide bonds. The third-order valence-corrected chi connectivity index (χ3v) is 16.7. The molecule has 18 N–H and O–H groups in total. The first-order valence-corrected chi connectivity index (χ1v) is 34.8. The number of imidazole rings is 2. The van der Waals surface area contributed by atoms with Crippen molar-refractivity contribution in [1.29, 1.82) is 0 Å². The Labute approximate surface area is 606 Å². The average molecular weight is 1470 g/mol. The van der Waals surface area contributed by atoms with E-state index in [1.54, 1.807) is 62.3 Å². The Balaban J connectivity index is 1.28. The molecule has 5 rings (SSSR count). The van der Waals surface area contributed by atoms with Crippen molar-refractivity contribution in [3.05, 3.63) is 102 Å². The summed E-state index contributed by atoms with van der Waals surface area (Å²) in [5.41, 5.74) is 8.48. The Morgan fingerprint density at radius 3 is 1.18 bits per heavy atom. The molecular formula is C68H99N19O18. The number of carboxylic acid groups (broad SMARTS) is 3. The number of aliphatic carboxylic acids is 3. The number of unbranched alkanes of at least 4 members (excludes halogenated alkanes) is 2. The Kier molecular flexibility index (Phi) is 38.2. The van der Waals surface area contributed by atoms with Crippen LogP contribution in [0.2, 0.25) is 0 Å². The number of carboxylic acids is 3. The maximum absolute atomic E-state index is 14.9. The van der Waals surface area contributed by atoms with Gasteiger partial charge in [-0.3, -0.25) is 86.7 Å². The van der Waals surface area contributed by atoms with Gasteiger partial charge in [-0.1, -0.05) is 42.5 Å². The van der Waals surface area contributed by atoms with Crippen LogP contribution in [-0.2, 0) is 92.8 Å². The van der Waals surface area contributed by atoms with Gasteiger partial charge in [-0.05, 0) is 61.8 Å². The van der Waals surface area contributed by atoms with Gasteiger partial charge in [-0.25, -0.2) is 9.97 Å². The quantitative estimate of drug-likeness (QED) is 0.0186. The molecule has 2 aromatic carbocycles. The number of carbonyl (C=O) groups is 14. The minimum Gasteiger partial charge on any atom is -0.508 e. The van der Waals surface area contributed by atoms with E-state index in [-0.39, 0.29) is 180 Å². The van der Waals surface area contributed by atoms with Crippen molar-refractivity contribution in [3.63, 3.8) is 0 Å². The lowest BCUT2D eigenvalue weighted by atomic mass is 10.0. The van der Waals surface area contributed by atoms with Crippen LogP contribution < -0.4 is 58.9 Å². The highest BCUT2D eigenvalue weighted by molar-refractivity contribution is 5.96. The number of primary amides is 1. The second kappa shape index (κ2) is 47.4. The second-order valence-corrected chi connectivity index (χ2v) is 25.2. The number of phenolic OH excluding ortho intramolecular Hbond substituents is 1. The number of rotatable bonds is 46. The summed E-state index contributed by atoms with van der Waals surface area (Å²) in [6.45, 7) is -0.768. The number of phenols is 1. The fourth-order valence-electron chi connectivity index (χ4n) is 10.9. The van der Waals surface area contributed by atoms with Crippen LogP contribution in [0.1, 0.15) is 86.7 Å². The van der Waals surface area contributed by atoms with Gasteiger partial charge in [0.1, 0.15) is 29.9 Å². The van der Waals surface area contributed by atoms with Gasteiger partial charge in [-0.15, -0.1) is 0 Å². The minimum absolute atomic E-state index is 0.0208. The van der Waals surface area contributed by atoms with Gasteiger partial charge >= 0.3 is 17.9 Å². The van der Waals surface area contributed by atoms with Crippen LogP contribution in [0.5, 0.6) is 5.75 Å². The number of hydrogen-bond acceptors (Lipinski definition) is 21. The minimum atomic E-state index is -1.49. The largest absolute Gasteiger partial charge is 0.508 e. The van der Waals surface area contributed by atoms with Crippen LogP contribution in [0.15, 0.2) is 79.6 Å². The monoisotopic (exact) mass is 1470 g/mol. The lowest BCUT2D eigenvalue weighted by Gasteiger charge is -2.33. The Morgan fingerprint density at radius 2 is 0.771 bits per heavy atom. The summed E-state index contributed by atoms with van der Waals surface area (Å²) in [7, 11) is 0. The first-order chi connectivity index (χ1) is 50.3. The van der Waals surface area contributed by atoms with E-state index in [1.807, 2.05) is 0 Å². The zero-order valence-corrected chi connectivity index (χ0v) is 58.7. The summed E-state index contributed by atoms with van der Waals surface area (Å²) in [6, 6.07) is 8.59. The predicted octanol–water partition coefficient (Wildman–Crippen LogP) is -4.39. The maximum atomic E-state index is 14.9. The van der Waals surface area contributed by atoms with E-state index in [2.05, 4.69) is 73.1 Å². The van der Waals surface area contributed by atoms with E-state index in [0.29, 0.717) is 37.1 Å². The van der Waals surface area contributed by atoms with Crippen LogP contribution in [0, 0.1) is 0 Å². The van der Waals surface area contributed by atoms with E-state index < -0.39 is 115 Å². The van der Waals surface area contributed by atoms with Crippen molar-refractivity contribution >= 4 is 82.9 Å². The number of carbonyl (C=O) groups excluding carboxylic acids is 11. The number of nitrogens with zero attached hydrogens (tertiary/aromatic N) is 6. The number of hydrogen-bond donors (Lipinski definition) is 17. The molecule has 1 saturated heterocycles. The van der Waals surface area contributed by atoms with Gasteiger partial charge in [0, 0.05) is 154 Å². The van der Waals surface area contributed by atoms with Crippen molar-refractivity contribution < 1.29 is 87.5 Å². The number of nitrogens with one attached hydrogen (secondary N) is 12. The van der Waals surface area contributed by atoms with Gasteiger partial charge < -0.3 is 89.3 Å². The molecule has 37 nitrogen and oxygen atoms in total. The van der Waals surface area contributed by atoms with Crippen LogP contribution >= 0.6 is 0 Å². The Morgan fingerprint density at radius 1 is 0.410 bits per heavy atom. The first kappa shape index (κ1) is 84.7. The standard InChI is InChI=1S/C68H99N19O18/c69-65(102)51(10-4-6-22-72-59(93)38-76-57(91)18-16-55(89)74-24-20-48-36-70-44-78-48)81-68(105)54(35-47-12-14-50(88)15-13-47)83-66(103)52(11-5-7-23-73-60(94)39-77-58(92)19-17-56(90)75-25-21-49-37-71-45-79-49)82-67(104)53(34-46-8-2-1-3-9-46)80-61(95)40-84-26-28-85(41-62(96)97)30-32-87(43-64(100)101)33-31-86(29-27-84)42-63(98)99/h1-3,8-9,12-15,36-37,44-45,51-54,88H,4-7,10-11,16-35,38-43H2,(H2,69,102)(H,70,78)(H,71,79)(H,72,93)(H,73,94)(H,74,89)(H,75,90)(H,76,91)(H,77,92)(H,80,95)(H,81,105)(H,82,104)(H,83,103)(H,96,97)(H,98,99)(H,100,101)/t51-,52-,53-,54+/m0/s1. The molecule has 105 heavy (non-hydrogen) atoms. The molecule has 0 aliphatic carbocycles. The molecule has 0 unspecified atom stereocenters. The maximum Gasteiger partial charge on any atom is 0.317 e. The number of nitrogens with two attached hydrogens (primary N) is 1. The SMILES string of the molecule is NC(=O)[C@H](CCCCNC(=O)CNC(=O)CCC(=O)NCCc1cnc[nH]1)NC(=O)[C@@H](Cc1ccc(O)cc1)NC(=O)[C@H](CCCCNC(=O)CNC(=O)CCC(=O)NCCc1cnc[nH]1)NC(=O)[C@H](Cc1ccccc1)NC(=O)CN1CCN(CC(=O)O)CCN(CC(=O)O)CCN(CC(=O)O)CC1. The molecule has 0 bridgehead atoms. The summed E-state index contributed by atoms with van der Waals surface area (Å²) in [4.78, 5) is 202. The van der Waals surface area contributed by atoms with Crippen molar-refractivity contribution in [1.82, 2.24) is 92.7 Å². The zero-order valence-electron chi connectivity index (χ0n) is 58.7. The molecular weight excluding hydrogens is 1370 g/mol. The zero-order chi connectivity index (χ0) is 76.3. The average Bonchev–Trinajstić information content (AvgIpc) is 1.39. The summed E-state index contributed by atoms with van der Waals surface area (Å²) < 4.78 is 0. The molecule has 0 spiro atoms. The third kappa shape index (κ3) is 36.7. The molecule has 1 aliphatic heterocycles. The number of aromatic nitrogens is 4. The smallest absolute Gasteiger partial charge is 0.317 e. The molecule has 1 aliphatic rings. The fraction of sp³-hybridized carbons (Fsp3) is 0.529. The summed E-state index contributed by atoms with van der Waals surface area (Å²) in [5, 5.41) is 65.9. The Hall–Kier alpha value is -10.9. The molecule has 4 aromatic rings. The number of amides is 11. The van der Waals surface area contributed by atoms with Gasteiger partial charge in [0.05, 0.1) is 51.9 Å². The van der Waals surface area contributed by atoms with Gasteiger partial charge in [0.15, 0.2) is 0 Å². The first-order valence-electron chi connectivity index (χ1n) is 34.8. The van der Waals surface area contributed by atoms with Gasteiger partial charge in [0.2, 0.25) is 65.0 Å². The highest BCUT2D eigenvalue weighted by Crippen LogP contribution is 2.14. The van der Waals surface area contributed by atoms with Crippen LogP contribution in [-0.4, -0.2) is 285 Å². The van der Waals surface area contributed by atoms with E-state index in [0.717, 1.165) is 11.4 Å². The highest BCUT2D eigenvalue weighted by Gasteiger charge is 2.33. The Bertz CT molecular complexity index is 3410. The molecule has 37 heteroatoms. The van der Waals surface area contributed by atoms with Crippen LogP contribution in [0.25, 0.3) is 0 Å². The summed E-state index contributed by atoms with van der Waals surface area (Å²) >= 11 is 0. The molecule has 0 radical (unpaired) electrons. The summed E-state index contributed by atoms with van der Waals surface area (Å²) in [6.07, 6.45) is 7.08. The number of aromatic amines is 2. The van der Waals surface area contributed by atoms with Gasteiger partial charge in [0.25, 0.3) is 0 Å². The lowest BCUT2D eigenvalue weighted by molar-refractivity contribution is -0.140. The molecule has 3 heterocycles. The number of benzene rings is 2.